The molecular weight excluding hydrogens is 448 g/mol. The highest BCUT2D eigenvalue weighted by atomic mass is 16.5. The van der Waals surface area contributed by atoms with Crippen molar-refractivity contribution >= 4 is 17.4 Å². The molecule has 1 unspecified atom stereocenters. The summed E-state index contributed by atoms with van der Waals surface area (Å²) in [5, 5.41) is 11.3. The van der Waals surface area contributed by atoms with Crippen LogP contribution in [-0.2, 0) is 16.1 Å². The van der Waals surface area contributed by atoms with E-state index in [1.165, 1.54) is 19.1 Å². The van der Waals surface area contributed by atoms with Gasteiger partial charge in [0.05, 0.1) is 32.9 Å². The molecular formula is C27H26N2O6. The van der Waals surface area contributed by atoms with E-state index in [9.17, 15) is 14.7 Å². The number of ether oxygens (including phenoxy) is 3. The first-order valence-electron chi connectivity index (χ1n) is 10.9. The van der Waals surface area contributed by atoms with Crippen LogP contribution in [0.15, 0.2) is 66.5 Å². The number of amides is 1. The molecule has 8 heteroatoms. The third-order valence-electron chi connectivity index (χ3n) is 6.01. The molecule has 0 bridgehead atoms. The highest BCUT2D eigenvalue weighted by Gasteiger charge is 2.46. The molecule has 1 aliphatic heterocycles. The SMILES string of the molecule is COc1ccc(/C(O)=C2/C(=O)C(=O)N(Cc3cccnc3)C2c2ccc(OC)c(OC)c2)cc1C. The average Bonchev–Trinajstić information content (AvgIpc) is 3.13. The summed E-state index contributed by atoms with van der Waals surface area (Å²) < 4.78 is 16.1. The third kappa shape index (κ3) is 4.42. The van der Waals surface area contributed by atoms with Crippen LogP contribution in [0.3, 0.4) is 0 Å². The minimum absolute atomic E-state index is 0.00400. The maximum atomic E-state index is 13.3. The molecule has 0 aliphatic carbocycles. The van der Waals surface area contributed by atoms with Gasteiger partial charge in [-0.05, 0) is 60.0 Å². The van der Waals surface area contributed by atoms with Crippen LogP contribution in [0.5, 0.6) is 17.2 Å². The summed E-state index contributed by atoms with van der Waals surface area (Å²) in [6.45, 7) is 1.97. The van der Waals surface area contributed by atoms with Gasteiger partial charge in [0.2, 0.25) is 0 Å². The fraction of sp³-hybridized carbons (Fsp3) is 0.222. The van der Waals surface area contributed by atoms with E-state index in [4.69, 9.17) is 14.2 Å². The van der Waals surface area contributed by atoms with Crippen LogP contribution in [0.1, 0.15) is 28.3 Å². The molecule has 0 saturated carbocycles. The second kappa shape index (κ2) is 9.89. The molecule has 2 aromatic carbocycles. The van der Waals surface area contributed by atoms with E-state index in [1.54, 1.807) is 62.0 Å². The Morgan fingerprint density at radius 3 is 2.31 bits per heavy atom. The molecule has 1 atom stereocenters. The van der Waals surface area contributed by atoms with E-state index < -0.39 is 17.7 Å². The van der Waals surface area contributed by atoms with Crippen LogP contribution in [0.4, 0.5) is 0 Å². The number of likely N-dealkylation sites (tertiary alicyclic amines) is 1. The summed E-state index contributed by atoms with van der Waals surface area (Å²) in [4.78, 5) is 32.1. The van der Waals surface area contributed by atoms with Crippen LogP contribution >= 0.6 is 0 Å². The molecule has 1 amide bonds. The minimum atomic E-state index is -0.850. The van der Waals surface area contributed by atoms with Crippen LogP contribution in [-0.4, -0.2) is 48.0 Å². The second-order valence-electron chi connectivity index (χ2n) is 8.09. The van der Waals surface area contributed by atoms with Gasteiger partial charge in [-0.3, -0.25) is 14.6 Å². The van der Waals surface area contributed by atoms with Crippen molar-refractivity contribution in [2.75, 3.05) is 21.3 Å². The lowest BCUT2D eigenvalue weighted by Crippen LogP contribution is -2.29. The standard InChI is InChI=1S/C27H26N2O6/c1-16-12-19(8-9-20(16)33-2)25(30)23-24(18-7-10-21(34-3)22(13-18)35-4)29(27(32)26(23)31)15-17-6-5-11-28-14-17/h5-14,24,30H,15H2,1-4H3/b25-23-. The van der Waals surface area contributed by atoms with Crippen molar-refractivity contribution < 1.29 is 28.9 Å². The number of carbonyl (C=O) groups is 2. The van der Waals surface area contributed by atoms with Crippen molar-refractivity contribution in [1.82, 2.24) is 9.88 Å². The van der Waals surface area contributed by atoms with Gasteiger partial charge < -0.3 is 24.2 Å². The fourth-order valence-corrected chi connectivity index (χ4v) is 4.28. The second-order valence-corrected chi connectivity index (χ2v) is 8.09. The first kappa shape index (κ1) is 23.8. The molecule has 2 heterocycles. The molecule has 4 rings (SSSR count). The van der Waals surface area contributed by atoms with E-state index >= 15 is 0 Å². The number of methoxy groups -OCH3 is 3. The lowest BCUT2D eigenvalue weighted by Gasteiger charge is -2.26. The molecule has 3 aromatic rings. The Morgan fingerprint density at radius 1 is 0.971 bits per heavy atom. The van der Waals surface area contributed by atoms with Gasteiger partial charge in [0.1, 0.15) is 11.5 Å². The van der Waals surface area contributed by atoms with Gasteiger partial charge in [-0.2, -0.15) is 0 Å². The number of rotatable bonds is 7. The highest BCUT2D eigenvalue weighted by Crippen LogP contribution is 2.42. The maximum absolute atomic E-state index is 13.3. The van der Waals surface area contributed by atoms with Gasteiger partial charge >= 0.3 is 0 Å². The Bertz CT molecular complexity index is 1300. The molecule has 180 valence electrons. The van der Waals surface area contributed by atoms with Crippen molar-refractivity contribution in [3.63, 3.8) is 0 Å². The van der Waals surface area contributed by atoms with E-state index in [0.29, 0.717) is 28.4 Å². The predicted molar refractivity (Wildman–Crippen MR) is 129 cm³/mol. The number of ketones is 1. The number of aromatic nitrogens is 1. The molecule has 1 fully saturated rings. The van der Waals surface area contributed by atoms with Gasteiger partial charge in [-0.25, -0.2) is 0 Å². The van der Waals surface area contributed by atoms with Crippen molar-refractivity contribution in [2.45, 2.75) is 19.5 Å². The molecule has 0 radical (unpaired) electrons. The predicted octanol–water partition coefficient (Wildman–Crippen LogP) is 4.04. The van der Waals surface area contributed by atoms with Crippen molar-refractivity contribution in [3.8, 4) is 17.2 Å². The maximum Gasteiger partial charge on any atom is 0.295 e. The summed E-state index contributed by atoms with van der Waals surface area (Å²) in [6.07, 6.45) is 3.27. The summed E-state index contributed by atoms with van der Waals surface area (Å²) >= 11 is 0. The zero-order chi connectivity index (χ0) is 25.1. The molecule has 1 saturated heterocycles. The van der Waals surface area contributed by atoms with Crippen LogP contribution < -0.4 is 14.2 Å². The number of Topliss-reactive ketones (excluding diaryl/α,β-unsaturated/α-hetero) is 1. The normalized spacial score (nSPS) is 16.9. The fourth-order valence-electron chi connectivity index (χ4n) is 4.28. The number of benzene rings is 2. The lowest BCUT2D eigenvalue weighted by molar-refractivity contribution is -0.140. The van der Waals surface area contributed by atoms with E-state index in [-0.39, 0.29) is 17.9 Å². The largest absolute Gasteiger partial charge is 0.507 e. The quantitative estimate of drug-likeness (QED) is 0.314. The average molecular weight is 475 g/mol. The zero-order valence-corrected chi connectivity index (χ0v) is 19.9. The first-order valence-corrected chi connectivity index (χ1v) is 10.9. The molecule has 1 aliphatic rings. The zero-order valence-electron chi connectivity index (χ0n) is 19.9. The number of aliphatic hydroxyl groups is 1. The Labute approximate surface area is 203 Å². The number of nitrogens with zero attached hydrogens (tertiary/aromatic N) is 2. The van der Waals surface area contributed by atoms with E-state index in [0.717, 1.165) is 11.1 Å². The van der Waals surface area contributed by atoms with Crippen LogP contribution in [0, 0.1) is 6.92 Å². The van der Waals surface area contributed by atoms with Crippen LogP contribution in [0.2, 0.25) is 0 Å². The van der Waals surface area contributed by atoms with Crippen LogP contribution in [0.25, 0.3) is 5.76 Å². The van der Waals surface area contributed by atoms with E-state index in [1.807, 2.05) is 13.0 Å². The summed E-state index contributed by atoms with van der Waals surface area (Å²) in [5.41, 5.74) is 2.53. The van der Waals surface area contributed by atoms with Crippen molar-refractivity contribution in [2.24, 2.45) is 0 Å². The van der Waals surface area contributed by atoms with Gasteiger partial charge in [-0.1, -0.05) is 12.1 Å². The Morgan fingerprint density at radius 2 is 1.69 bits per heavy atom. The molecule has 8 nitrogen and oxygen atoms in total. The van der Waals surface area contributed by atoms with E-state index in [2.05, 4.69) is 4.98 Å². The van der Waals surface area contributed by atoms with Gasteiger partial charge in [0.15, 0.2) is 11.5 Å². The molecule has 0 spiro atoms. The minimum Gasteiger partial charge on any atom is -0.507 e. The number of aliphatic hydroxyl groups excluding tert-OH is 1. The summed E-state index contributed by atoms with van der Waals surface area (Å²) in [5.74, 6) is -0.138. The first-order chi connectivity index (χ1) is 16.9. The Hall–Kier alpha value is -4.33. The van der Waals surface area contributed by atoms with Crippen molar-refractivity contribution in [1.29, 1.82) is 0 Å². The number of hydrogen-bond donors (Lipinski definition) is 1. The summed E-state index contributed by atoms with van der Waals surface area (Å²) in [7, 11) is 4.59. The summed E-state index contributed by atoms with van der Waals surface area (Å²) in [6, 6.07) is 13.0. The number of pyridine rings is 1. The topological polar surface area (TPSA) is 98.2 Å². The Kier molecular flexibility index (Phi) is 6.73. The molecule has 1 aromatic heterocycles. The van der Waals surface area contributed by atoms with Gasteiger partial charge in [-0.15, -0.1) is 0 Å². The monoisotopic (exact) mass is 474 g/mol. The molecule has 1 N–H and O–H groups in total. The van der Waals surface area contributed by atoms with Gasteiger partial charge in [0.25, 0.3) is 11.7 Å². The third-order valence-corrected chi connectivity index (χ3v) is 6.01. The van der Waals surface area contributed by atoms with Gasteiger partial charge in [0, 0.05) is 24.5 Å². The molecule has 35 heavy (non-hydrogen) atoms. The lowest BCUT2D eigenvalue weighted by atomic mass is 9.94. The highest BCUT2D eigenvalue weighted by molar-refractivity contribution is 6.46. The smallest absolute Gasteiger partial charge is 0.295 e. The Balaban J connectivity index is 1.90. The number of hydrogen-bond acceptors (Lipinski definition) is 7. The number of aryl methyl sites for hydroxylation is 1. The number of carbonyl (C=O) groups excluding carboxylic acids is 2. The van der Waals surface area contributed by atoms with Crippen molar-refractivity contribution in [3.05, 3.63) is 88.8 Å².